The van der Waals surface area contributed by atoms with Crippen LogP contribution in [0.15, 0.2) is 24.3 Å². The molecule has 16 heavy (non-hydrogen) atoms. The zero-order valence-corrected chi connectivity index (χ0v) is 9.66. The molecule has 0 bridgehead atoms. The Hall–Kier alpha value is -1.15. The van der Waals surface area contributed by atoms with E-state index in [0.29, 0.717) is 0 Å². The van der Waals surface area contributed by atoms with Crippen LogP contribution < -0.4 is 0 Å². The van der Waals surface area contributed by atoms with E-state index >= 15 is 0 Å². The summed E-state index contributed by atoms with van der Waals surface area (Å²) in [6, 6.07) is 7.52. The maximum Gasteiger partial charge on any atom is 0.172 e. The second-order valence-corrected chi connectivity index (χ2v) is 5.41. The van der Waals surface area contributed by atoms with Crippen molar-refractivity contribution in [2.24, 2.45) is 11.3 Å². The molecule has 3 rings (SSSR count). The number of Topliss-reactive ketones (excluding diaryl/α,β-unsaturated/α-hetero) is 1. The van der Waals surface area contributed by atoms with Gasteiger partial charge in [-0.25, -0.2) is 0 Å². The summed E-state index contributed by atoms with van der Waals surface area (Å²) in [4.78, 5) is 12.4. The van der Waals surface area contributed by atoms with E-state index in [0.717, 1.165) is 24.0 Å². The summed E-state index contributed by atoms with van der Waals surface area (Å²) in [5.41, 5.74) is 0.0168. The summed E-state index contributed by atoms with van der Waals surface area (Å²) in [6.07, 6.45) is 1.71. The molecule has 0 amide bonds. The molecule has 0 saturated heterocycles. The molecule has 84 valence electrons. The lowest BCUT2D eigenvalue weighted by Crippen LogP contribution is -2.41. The zero-order chi connectivity index (χ0) is 11.6. The van der Waals surface area contributed by atoms with E-state index in [2.05, 4.69) is 0 Å². The van der Waals surface area contributed by atoms with Crippen molar-refractivity contribution in [1.82, 2.24) is 0 Å². The predicted molar refractivity (Wildman–Crippen MR) is 61.2 cm³/mol. The van der Waals surface area contributed by atoms with Gasteiger partial charge in [-0.1, -0.05) is 31.2 Å². The van der Waals surface area contributed by atoms with Gasteiger partial charge in [0.05, 0.1) is 5.41 Å². The number of benzene rings is 1. The Balaban J connectivity index is 2.33. The number of ketones is 1. The lowest BCUT2D eigenvalue weighted by molar-refractivity contribution is -0.0599. The highest BCUT2D eigenvalue weighted by atomic mass is 16.3. The van der Waals surface area contributed by atoms with E-state index in [1.165, 1.54) is 0 Å². The molecule has 0 aromatic heterocycles. The minimum absolute atomic E-state index is 0.120. The molecule has 1 saturated carbocycles. The van der Waals surface area contributed by atoms with Gasteiger partial charge >= 0.3 is 0 Å². The molecule has 1 N–H and O–H groups in total. The monoisotopic (exact) mass is 216 g/mol. The van der Waals surface area contributed by atoms with Gasteiger partial charge in [-0.2, -0.15) is 0 Å². The Morgan fingerprint density at radius 3 is 2.81 bits per heavy atom. The maximum atomic E-state index is 12.4. The van der Waals surface area contributed by atoms with Gasteiger partial charge in [0.25, 0.3) is 0 Å². The van der Waals surface area contributed by atoms with E-state index in [1.54, 1.807) is 0 Å². The Bertz CT molecular complexity index is 479. The maximum absolute atomic E-state index is 12.4. The van der Waals surface area contributed by atoms with Gasteiger partial charge in [-0.05, 0) is 31.2 Å². The van der Waals surface area contributed by atoms with E-state index in [4.69, 9.17) is 0 Å². The van der Waals surface area contributed by atoms with Gasteiger partial charge in [0.2, 0.25) is 0 Å². The quantitative estimate of drug-likeness (QED) is 0.723. The molecule has 0 unspecified atom stereocenters. The van der Waals surface area contributed by atoms with E-state index in [9.17, 15) is 9.90 Å². The first-order valence-electron chi connectivity index (χ1n) is 5.88. The summed E-state index contributed by atoms with van der Waals surface area (Å²) in [5.74, 6) is 0.278. The third-order valence-electron chi connectivity index (χ3n) is 4.72. The first kappa shape index (κ1) is 10.0. The Morgan fingerprint density at radius 2 is 2.06 bits per heavy atom. The smallest absolute Gasteiger partial charge is 0.172 e. The number of carbonyl (C=O) groups excluding carboxylic acids is 1. The molecule has 2 aliphatic rings. The number of hydrogen-bond acceptors (Lipinski definition) is 2. The number of carbonyl (C=O) groups is 1. The van der Waals surface area contributed by atoms with Crippen molar-refractivity contribution in [3.63, 3.8) is 0 Å². The minimum atomic E-state index is -0.944. The van der Waals surface area contributed by atoms with Crippen molar-refractivity contribution >= 4 is 5.78 Å². The van der Waals surface area contributed by atoms with E-state index in [1.807, 2.05) is 38.1 Å². The SMILES string of the molecule is C[C@@H]1CC[C@@]2(C)C(=O)c3ccccc3[C@@]12O. The highest BCUT2D eigenvalue weighted by Crippen LogP contribution is 2.61. The highest BCUT2D eigenvalue weighted by Gasteiger charge is 2.65. The molecule has 2 heteroatoms. The summed E-state index contributed by atoms with van der Waals surface area (Å²) >= 11 is 0. The molecule has 0 spiro atoms. The largest absolute Gasteiger partial charge is 0.384 e. The van der Waals surface area contributed by atoms with E-state index in [-0.39, 0.29) is 11.7 Å². The van der Waals surface area contributed by atoms with Crippen LogP contribution >= 0.6 is 0 Å². The molecule has 3 atom stereocenters. The average molecular weight is 216 g/mol. The van der Waals surface area contributed by atoms with Crippen LogP contribution in [0.4, 0.5) is 0 Å². The number of rotatable bonds is 0. The molecule has 1 aromatic rings. The number of aliphatic hydroxyl groups is 1. The highest BCUT2D eigenvalue weighted by molar-refractivity contribution is 6.06. The average Bonchev–Trinajstić information content (AvgIpc) is 2.63. The third kappa shape index (κ3) is 0.822. The van der Waals surface area contributed by atoms with Crippen LogP contribution in [0.25, 0.3) is 0 Å². The van der Waals surface area contributed by atoms with Crippen LogP contribution in [0.2, 0.25) is 0 Å². The van der Waals surface area contributed by atoms with Crippen molar-refractivity contribution in [2.75, 3.05) is 0 Å². The summed E-state index contributed by atoms with van der Waals surface area (Å²) in [7, 11) is 0. The molecule has 0 radical (unpaired) electrons. The van der Waals surface area contributed by atoms with Gasteiger partial charge in [-0.3, -0.25) is 4.79 Å². The summed E-state index contributed by atoms with van der Waals surface area (Å²) in [5, 5.41) is 11.0. The van der Waals surface area contributed by atoms with Crippen molar-refractivity contribution in [3.8, 4) is 0 Å². The molecule has 0 aliphatic heterocycles. The van der Waals surface area contributed by atoms with Gasteiger partial charge in [0, 0.05) is 5.56 Å². The third-order valence-corrected chi connectivity index (χ3v) is 4.72. The van der Waals surface area contributed by atoms with Gasteiger partial charge in [0.15, 0.2) is 5.78 Å². The predicted octanol–water partition coefficient (Wildman–Crippen LogP) is 2.51. The second-order valence-electron chi connectivity index (χ2n) is 5.41. The lowest BCUT2D eigenvalue weighted by atomic mass is 9.73. The fourth-order valence-electron chi connectivity index (χ4n) is 3.61. The van der Waals surface area contributed by atoms with Crippen molar-refractivity contribution in [1.29, 1.82) is 0 Å². The molecule has 1 aromatic carbocycles. The topological polar surface area (TPSA) is 37.3 Å². The van der Waals surface area contributed by atoms with Crippen LogP contribution in [0.3, 0.4) is 0 Å². The first-order valence-corrected chi connectivity index (χ1v) is 5.88. The lowest BCUT2D eigenvalue weighted by Gasteiger charge is -2.35. The van der Waals surface area contributed by atoms with Crippen molar-refractivity contribution in [3.05, 3.63) is 35.4 Å². The van der Waals surface area contributed by atoms with Gasteiger partial charge in [0.1, 0.15) is 5.60 Å². The summed E-state index contributed by atoms with van der Waals surface area (Å²) in [6.45, 7) is 3.96. The second kappa shape index (κ2) is 2.75. The Labute approximate surface area is 95.3 Å². The Morgan fingerprint density at radius 1 is 1.38 bits per heavy atom. The van der Waals surface area contributed by atoms with Crippen molar-refractivity contribution in [2.45, 2.75) is 32.3 Å². The number of hydrogen-bond donors (Lipinski definition) is 1. The molecular formula is C14H16O2. The molecule has 2 aliphatic carbocycles. The van der Waals surface area contributed by atoms with Gasteiger partial charge in [-0.15, -0.1) is 0 Å². The standard InChI is InChI=1S/C14H16O2/c1-9-7-8-13(2)12(15)10-5-3-4-6-11(10)14(9,13)16/h3-6,9,16H,7-8H2,1-2H3/t9-,13+,14+/m1/s1. The normalized spacial score (nSPS) is 40.9. The Kier molecular flexibility index (Phi) is 1.72. The fraction of sp³-hybridized carbons (Fsp3) is 0.500. The first-order chi connectivity index (χ1) is 7.52. The van der Waals surface area contributed by atoms with Crippen LogP contribution in [0, 0.1) is 11.3 Å². The fourth-order valence-corrected chi connectivity index (χ4v) is 3.61. The molecule has 0 heterocycles. The number of fused-ring (bicyclic) bond motifs is 3. The molecular weight excluding hydrogens is 200 g/mol. The zero-order valence-electron chi connectivity index (χ0n) is 9.66. The molecule has 1 fully saturated rings. The van der Waals surface area contributed by atoms with Crippen LogP contribution in [0.1, 0.15) is 42.6 Å². The van der Waals surface area contributed by atoms with Crippen molar-refractivity contribution < 1.29 is 9.90 Å². The van der Waals surface area contributed by atoms with Crippen LogP contribution in [-0.4, -0.2) is 10.9 Å². The summed E-state index contributed by atoms with van der Waals surface area (Å²) < 4.78 is 0. The van der Waals surface area contributed by atoms with E-state index < -0.39 is 11.0 Å². The molecule has 2 nitrogen and oxygen atoms in total. The van der Waals surface area contributed by atoms with Gasteiger partial charge < -0.3 is 5.11 Å². The van der Waals surface area contributed by atoms with Crippen LogP contribution in [-0.2, 0) is 5.60 Å². The van der Waals surface area contributed by atoms with Crippen LogP contribution in [0.5, 0.6) is 0 Å². The minimum Gasteiger partial charge on any atom is -0.384 e.